The predicted octanol–water partition coefficient (Wildman–Crippen LogP) is 1.66. The van der Waals surface area contributed by atoms with Gasteiger partial charge in [0, 0.05) is 31.6 Å². The summed E-state index contributed by atoms with van der Waals surface area (Å²) in [6.45, 7) is 15.0. The lowest BCUT2D eigenvalue weighted by molar-refractivity contribution is -0.141. The van der Waals surface area contributed by atoms with E-state index in [-0.39, 0.29) is 5.41 Å². The average Bonchev–Trinajstić information content (AvgIpc) is 2.91. The zero-order valence-electron chi connectivity index (χ0n) is 13.5. The van der Waals surface area contributed by atoms with Crippen molar-refractivity contribution in [3.63, 3.8) is 0 Å². The Balaban J connectivity index is 1.62. The minimum Gasteiger partial charge on any atom is -0.340 e. The molecule has 0 saturated carbocycles. The van der Waals surface area contributed by atoms with Gasteiger partial charge >= 0.3 is 0 Å². The molecule has 0 bridgehead atoms. The summed E-state index contributed by atoms with van der Waals surface area (Å²) in [7, 11) is 0. The summed E-state index contributed by atoms with van der Waals surface area (Å²) in [6.07, 6.45) is 4.04. The molecule has 0 aromatic carbocycles. The van der Waals surface area contributed by atoms with Gasteiger partial charge in [0.05, 0.1) is 0 Å². The molecule has 0 spiro atoms. The van der Waals surface area contributed by atoms with Crippen LogP contribution < -0.4 is 0 Å². The number of carbonyl (C=O) groups excluding carboxylic acids is 1. The Morgan fingerprint density at radius 1 is 0.850 bits per heavy atom. The molecule has 4 heteroatoms. The lowest BCUT2D eigenvalue weighted by atomic mass is 9.94. The fraction of sp³-hybridized carbons (Fsp3) is 0.938. The molecule has 116 valence electrons. The maximum atomic E-state index is 12.2. The summed E-state index contributed by atoms with van der Waals surface area (Å²) in [4.78, 5) is 19.4. The van der Waals surface area contributed by atoms with E-state index in [9.17, 15) is 4.79 Å². The Bertz CT molecular complexity index is 310. The third-order valence-corrected chi connectivity index (χ3v) is 4.45. The van der Waals surface area contributed by atoms with Gasteiger partial charge in [0.2, 0.25) is 5.91 Å². The molecule has 0 aromatic heterocycles. The average molecular weight is 281 g/mol. The van der Waals surface area contributed by atoms with Gasteiger partial charge in [0.15, 0.2) is 0 Å². The second-order valence-corrected chi connectivity index (χ2v) is 7.29. The summed E-state index contributed by atoms with van der Waals surface area (Å²) in [5.74, 6) is 0.300. The van der Waals surface area contributed by atoms with Crippen molar-refractivity contribution in [2.45, 2.75) is 40.0 Å². The number of amides is 1. The van der Waals surface area contributed by atoms with Gasteiger partial charge in [0.1, 0.15) is 0 Å². The van der Waals surface area contributed by atoms with Crippen LogP contribution in [0.25, 0.3) is 0 Å². The van der Waals surface area contributed by atoms with Crippen LogP contribution in [0.15, 0.2) is 0 Å². The van der Waals surface area contributed by atoms with E-state index in [1.54, 1.807) is 0 Å². The Hall–Kier alpha value is -0.610. The lowest BCUT2D eigenvalue weighted by Crippen LogP contribution is -2.51. The Labute approximate surface area is 124 Å². The molecule has 2 fully saturated rings. The lowest BCUT2D eigenvalue weighted by Gasteiger charge is -2.37. The smallest absolute Gasteiger partial charge is 0.228 e. The minimum absolute atomic E-state index is 0.238. The van der Waals surface area contributed by atoms with Gasteiger partial charge in [-0.15, -0.1) is 0 Å². The van der Waals surface area contributed by atoms with Crippen LogP contribution >= 0.6 is 0 Å². The van der Waals surface area contributed by atoms with E-state index < -0.39 is 0 Å². The van der Waals surface area contributed by atoms with Crippen molar-refractivity contribution in [3.8, 4) is 0 Å². The number of likely N-dealkylation sites (tertiary alicyclic amines) is 1. The van der Waals surface area contributed by atoms with Crippen LogP contribution in [0, 0.1) is 5.41 Å². The molecule has 2 rings (SSSR count). The van der Waals surface area contributed by atoms with Crippen molar-refractivity contribution in [2.24, 2.45) is 5.41 Å². The van der Waals surface area contributed by atoms with E-state index in [0.29, 0.717) is 5.91 Å². The van der Waals surface area contributed by atoms with Gasteiger partial charge in [-0.25, -0.2) is 0 Å². The quantitative estimate of drug-likeness (QED) is 0.784. The molecule has 0 aromatic rings. The normalized spacial score (nSPS) is 22.4. The fourth-order valence-electron chi connectivity index (χ4n) is 3.17. The van der Waals surface area contributed by atoms with Crippen LogP contribution in [-0.2, 0) is 4.79 Å². The minimum atomic E-state index is -0.238. The molecule has 2 heterocycles. The van der Waals surface area contributed by atoms with Crippen LogP contribution in [-0.4, -0.2) is 73.0 Å². The maximum absolute atomic E-state index is 12.2. The first-order chi connectivity index (χ1) is 9.47. The van der Waals surface area contributed by atoms with Crippen LogP contribution in [0.4, 0.5) is 0 Å². The zero-order valence-corrected chi connectivity index (χ0v) is 13.5. The van der Waals surface area contributed by atoms with Crippen molar-refractivity contribution in [1.82, 2.24) is 14.7 Å². The summed E-state index contributed by atoms with van der Waals surface area (Å²) in [6, 6.07) is 0. The van der Waals surface area contributed by atoms with Crippen LogP contribution in [0.2, 0.25) is 0 Å². The molecule has 4 nitrogen and oxygen atoms in total. The standard InChI is InChI=1S/C16H31N3O/c1-16(2,3)15(20)19-13-11-18(12-14-19)10-6-9-17-7-4-5-8-17/h4-14H2,1-3H3. The van der Waals surface area contributed by atoms with Crippen molar-refractivity contribution in [3.05, 3.63) is 0 Å². The summed E-state index contributed by atoms with van der Waals surface area (Å²) in [5, 5.41) is 0. The summed E-state index contributed by atoms with van der Waals surface area (Å²) < 4.78 is 0. The zero-order chi connectivity index (χ0) is 14.6. The van der Waals surface area contributed by atoms with Gasteiger partial charge in [-0.1, -0.05) is 20.8 Å². The van der Waals surface area contributed by atoms with Crippen molar-refractivity contribution in [1.29, 1.82) is 0 Å². The van der Waals surface area contributed by atoms with Gasteiger partial charge in [-0.05, 0) is 45.4 Å². The van der Waals surface area contributed by atoms with Gasteiger partial charge in [-0.2, -0.15) is 0 Å². The molecule has 2 aliphatic rings. The second kappa shape index (κ2) is 6.90. The number of rotatable bonds is 4. The highest BCUT2D eigenvalue weighted by molar-refractivity contribution is 5.81. The first-order valence-corrected chi connectivity index (χ1v) is 8.21. The molecule has 0 atom stereocenters. The van der Waals surface area contributed by atoms with Gasteiger partial charge in [-0.3, -0.25) is 9.69 Å². The maximum Gasteiger partial charge on any atom is 0.228 e. The molecule has 2 aliphatic heterocycles. The van der Waals surface area contributed by atoms with Crippen LogP contribution in [0.3, 0.4) is 0 Å². The topological polar surface area (TPSA) is 26.8 Å². The molecular weight excluding hydrogens is 250 g/mol. The number of hydrogen-bond donors (Lipinski definition) is 0. The largest absolute Gasteiger partial charge is 0.340 e. The number of carbonyl (C=O) groups is 1. The predicted molar refractivity (Wildman–Crippen MR) is 82.8 cm³/mol. The SMILES string of the molecule is CC(C)(C)C(=O)N1CCN(CCCN2CCCC2)CC1. The third-order valence-electron chi connectivity index (χ3n) is 4.45. The first kappa shape index (κ1) is 15.8. The van der Waals surface area contributed by atoms with E-state index in [4.69, 9.17) is 0 Å². The first-order valence-electron chi connectivity index (χ1n) is 8.21. The highest BCUT2D eigenvalue weighted by Gasteiger charge is 2.29. The van der Waals surface area contributed by atoms with Crippen molar-refractivity contribution < 1.29 is 4.79 Å². The highest BCUT2D eigenvalue weighted by Crippen LogP contribution is 2.18. The molecule has 20 heavy (non-hydrogen) atoms. The number of nitrogens with zero attached hydrogens (tertiary/aromatic N) is 3. The third kappa shape index (κ3) is 4.45. The monoisotopic (exact) mass is 281 g/mol. The fourth-order valence-corrected chi connectivity index (χ4v) is 3.17. The molecule has 0 N–H and O–H groups in total. The molecule has 2 saturated heterocycles. The molecular formula is C16H31N3O. The van der Waals surface area contributed by atoms with Crippen LogP contribution in [0.1, 0.15) is 40.0 Å². The van der Waals surface area contributed by atoms with E-state index >= 15 is 0 Å². The number of hydrogen-bond acceptors (Lipinski definition) is 3. The Morgan fingerprint density at radius 3 is 1.85 bits per heavy atom. The summed E-state index contributed by atoms with van der Waals surface area (Å²) in [5.41, 5.74) is -0.238. The van der Waals surface area contributed by atoms with Gasteiger partial charge in [0.25, 0.3) is 0 Å². The van der Waals surface area contributed by atoms with E-state index in [1.807, 2.05) is 25.7 Å². The van der Waals surface area contributed by atoms with E-state index in [1.165, 1.54) is 45.4 Å². The Morgan fingerprint density at radius 2 is 1.35 bits per heavy atom. The molecule has 0 radical (unpaired) electrons. The van der Waals surface area contributed by atoms with Crippen LogP contribution in [0.5, 0.6) is 0 Å². The molecule has 1 amide bonds. The van der Waals surface area contributed by atoms with Crippen molar-refractivity contribution >= 4 is 5.91 Å². The van der Waals surface area contributed by atoms with E-state index in [0.717, 1.165) is 26.2 Å². The molecule has 0 unspecified atom stereocenters. The molecule has 0 aliphatic carbocycles. The highest BCUT2D eigenvalue weighted by atomic mass is 16.2. The van der Waals surface area contributed by atoms with Crippen molar-refractivity contribution in [2.75, 3.05) is 52.4 Å². The van der Waals surface area contributed by atoms with E-state index in [2.05, 4.69) is 9.80 Å². The van der Waals surface area contributed by atoms with Gasteiger partial charge < -0.3 is 9.80 Å². The summed E-state index contributed by atoms with van der Waals surface area (Å²) >= 11 is 0. The number of piperazine rings is 1. The second-order valence-electron chi connectivity index (χ2n) is 7.29. The Kier molecular flexibility index (Phi) is 5.44.